The molecular formula is C44H34N4O4S2. The summed E-state index contributed by atoms with van der Waals surface area (Å²) in [5.74, 6) is -0.594. The molecule has 0 aliphatic heterocycles. The SMILES string of the molecule is COc1ccccc1/C=C(\NC(=O)c1ccccc1)C(=O)Nc1ccc(SC(C(=O)Nc2nc(-c3ccc4ccccc4c3)cs2)c2ccccc2)cc1. The predicted octanol–water partition coefficient (Wildman–Crippen LogP) is 9.85. The Labute approximate surface area is 320 Å². The van der Waals surface area contributed by atoms with Crippen LogP contribution in [-0.2, 0) is 9.59 Å². The van der Waals surface area contributed by atoms with Gasteiger partial charge in [0, 0.05) is 32.7 Å². The van der Waals surface area contributed by atoms with Gasteiger partial charge >= 0.3 is 0 Å². The van der Waals surface area contributed by atoms with Crippen molar-refractivity contribution in [2.24, 2.45) is 0 Å². The fourth-order valence-corrected chi connectivity index (χ4v) is 7.47. The summed E-state index contributed by atoms with van der Waals surface area (Å²) in [5, 5.41) is 12.8. The number of carbonyl (C=O) groups is 3. The normalized spacial score (nSPS) is 11.8. The van der Waals surface area contributed by atoms with E-state index in [1.807, 2.05) is 84.2 Å². The Kier molecular flexibility index (Phi) is 11.2. The maximum Gasteiger partial charge on any atom is 0.272 e. The smallest absolute Gasteiger partial charge is 0.272 e. The molecule has 54 heavy (non-hydrogen) atoms. The quantitative estimate of drug-likeness (QED) is 0.0849. The van der Waals surface area contributed by atoms with Crippen LogP contribution in [-0.4, -0.2) is 29.8 Å². The molecule has 1 atom stereocenters. The van der Waals surface area contributed by atoms with Gasteiger partial charge in [0.05, 0.1) is 12.8 Å². The average Bonchev–Trinajstić information content (AvgIpc) is 3.69. The number of methoxy groups -OCH3 is 1. The van der Waals surface area contributed by atoms with Crippen LogP contribution in [0.2, 0.25) is 0 Å². The summed E-state index contributed by atoms with van der Waals surface area (Å²) in [6.07, 6.45) is 1.58. The number of nitrogens with one attached hydrogen (secondary N) is 3. The summed E-state index contributed by atoms with van der Waals surface area (Å²) >= 11 is 2.77. The van der Waals surface area contributed by atoms with Crippen molar-refractivity contribution in [3.8, 4) is 17.0 Å². The van der Waals surface area contributed by atoms with E-state index < -0.39 is 17.1 Å². The second-order valence-electron chi connectivity index (χ2n) is 12.1. The molecular weight excluding hydrogens is 713 g/mol. The summed E-state index contributed by atoms with van der Waals surface area (Å²) in [7, 11) is 1.54. The van der Waals surface area contributed by atoms with E-state index in [-0.39, 0.29) is 11.6 Å². The van der Waals surface area contributed by atoms with Crippen molar-refractivity contribution in [2.75, 3.05) is 17.7 Å². The molecule has 6 aromatic carbocycles. The third-order valence-corrected chi connectivity index (χ3v) is 10.5. The molecule has 1 heterocycles. The number of carbonyl (C=O) groups excluding carboxylic acids is 3. The summed E-state index contributed by atoms with van der Waals surface area (Å²) in [5.41, 5.74) is 4.19. The number of fused-ring (bicyclic) bond motifs is 1. The van der Waals surface area contributed by atoms with Crippen molar-refractivity contribution >= 4 is 68.5 Å². The number of para-hydroxylation sites is 1. The molecule has 1 aromatic heterocycles. The first-order chi connectivity index (χ1) is 26.4. The largest absolute Gasteiger partial charge is 0.496 e. The van der Waals surface area contributed by atoms with Gasteiger partial charge in [0.25, 0.3) is 11.8 Å². The van der Waals surface area contributed by atoms with Crippen LogP contribution in [0.15, 0.2) is 168 Å². The number of aromatic nitrogens is 1. The lowest BCUT2D eigenvalue weighted by Gasteiger charge is -2.17. The molecule has 7 aromatic rings. The highest BCUT2D eigenvalue weighted by molar-refractivity contribution is 8.00. The number of benzene rings is 6. The Bertz CT molecular complexity index is 2450. The van der Waals surface area contributed by atoms with Crippen molar-refractivity contribution in [1.82, 2.24) is 10.3 Å². The Morgan fingerprint density at radius 3 is 2.19 bits per heavy atom. The number of nitrogens with zero attached hydrogens (tertiary/aromatic N) is 1. The van der Waals surface area contributed by atoms with Crippen LogP contribution in [0.3, 0.4) is 0 Å². The first-order valence-electron chi connectivity index (χ1n) is 17.0. The fraction of sp³-hybridized carbons (Fsp3) is 0.0455. The van der Waals surface area contributed by atoms with Crippen LogP contribution in [0.4, 0.5) is 10.8 Å². The van der Waals surface area contributed by atoms with Crippen molar-refractivity contribution in [1.29, 1.82) is 0 Å². The van der Waals surface area contributed by atoms with Crippen LogP contribution in [0.1, 0.15) is 26.7 Å². The highest BCUT2D eigenvalue weighted by Crippen LogP contribution is 2.37. The number of amides is 3. The fourth-order valence-electron chi connectivity index (χ4n) is 5.72. The van der Waals surface area contributed by atoms with Gasteiger partial charge in [0.1, 0.15) is 16.7 Å². The number of anilines is 2. The van der Waals surface area contributed by atoms with Gasteiger partial charge in [-0.2, -0.15) is 0 Å². The van der Waals surface area contributed by atoms with Crippen LogP contribution >= 0.6 is 23.1 Å². The third-order valence-electron chi connectivity index (χ3n) is 8.45. The Hall–Kier alpha value is -6.49. The van der Waals surface area contributed by atoms with Gasteiger partial charge in [0.15, 0.2) is 5.13 Å². The Balaban J connectivity index is 1.07. The first kappa shape index (κ1) is 35.9. The predicted molar refractivity (Wildman–Crippen MR) is 219 cm³/mol. The molecule has 0 spiro atoms. The maximum atomic E-state index is 13.8. The zero-order valence-electron chi connectivity index (χ0n) is 29.1. The minimum Gasteiger partial charge on any atom is -0.496 e. The van der Waals surface area contributed by atoms with E-state index in [0.717, 1.165) is 32.5 Å². The summed E-state index contributed by atoms with van der Waals surface area (Å²) in [6.45, 7) is 0. The molecule has 0 saturated heterocycles. The van der Waals surface area contributed by atoms with E-state index in [1.165, 1.54) is 23.1 Å². The molecule has 0 fully saturated rings. The number of hydrogen-bond acceptors (Lipinski definition) is 7. The topological polar surface area (TPSA) is 109 Å². The number of hydrogen-bond donors (Lipinski definition) is 3. The van der Waals surface area contributed by atoms with Gasteiger partial charge in [-0.1, -0.05) is 103 Å². The third kappa shape index (κ3) is 8.75. The van der Waals surface area contributed by atoms with Crippen LogP contribution in [0.25, 0.3) is 28.1 Å². The number of thioether (sulfide) groups is 1. The van der Waals surface area contributed by atoms with Crippen LogP contribution < -0.4 is 20.7 Å². The molecule has 1 unspecified atom stereocenters. The molecule has 3 N–H and O–H groups in total. The highest BCUT2D eigenvalue weighted by atomic mass is 32.2. The molecule has 0 radical (unpaired) electrons. The van der Waals surface area contributed by atoms with Gasteiger partial charge in [-0.15, -0.1) is 23.1 Å². The van der Waals surface area contributed by atoms with Gasteiger partial charge in [0.2, 0.25) is 5.91 Å². The van der Waals surface area contributed by atoms with Crippen molar-refractivity contribution in [2.45, 2.75) is 10.1 Å². The van der Waals surface area contributed by atoms with Gasteiger partial charge < -0.3 is 20.7 Å². The number of ether oxygens (including phenoxy) is 1. The first-order valence-corrected chi connectivity index (χ1v) is 18.8. The van der Waals surface area contributed by atoms with Gasteiger partial charge in [-0.3, -0.25) is 14.4 Å². The number of rotatable bonds is 12. The summed E-state index contributed by atoms with van der Waals surface area (Å²) < 4.78 is 5.47. The van der Waals surface area contributed by atoms with Gasteiger partial charge in [-0.25, -0.2) is 4.98 Å². The summed E-state index contributed by atoms with van der Waals surface area (Å²) in [6, 6.07) is 47.1. The van der Waals surface area contributed by atoms with Crippen LogP contribution in [0, 0.1) is 0 Å². The van der Waals surface area contributed by atoms with E-state index in [9.17, 15) is 14.4 Å². The van der Waals surface area contributed by atoms with E-state index in [4.69, 9.17) is 9.72 Å². The summed E-state index contributed by atoms with van der Waals surface area (Å²) in [4.78, 5) is 46.1. The second kappa shape index (κ2) is 16.9. The number of thiazole rings is 1. The molecule has 266 valence electrons. The molecule has 3 amide bonds. The molecule has 10 heteroatoms. The Morgan fingerprint density at radius 2 is 1.43 bits per heavy atom. The minimum absolute atomic E-state index is 0.0403. The zero-order valence-corrected chi connectivity index (χ0v) is 30.7. The molecule has 7 rings (SSSR count). The lowest BCUT2D eigenvalue weighted by Crippen LogP contribution is -2.30. The van der Waals surface area contributed by atoms with E-state index in [2.05, 4.69) is 40.2 Å². The van der Waals surface area contributed by atoms with Crippen molar-refractivity contribution in [3.63, 3.8) is 0 Å². The average molecular weight is 747 g/mol. The zero-order chi connectivity index (χ0) is 37.3. The second-order valence-corrected chi connectivity index (χ2v) is 14.1. The minimum atomic E-state index is -0.580. The van der Waals surface area contributed by atoms with Crippen LogP contribution in [0.5, 0.6) is 5.75 Å². The highest BCUT2D eigenvalue weighted by Gasteiger charge is 2.24. The molecule has 0 aliphatic carbocycles. The van der Waals surface area contributed by atoms with Crippen molar-refractivity contribution < 1.29 is 19.1 Å². The maximum absolute atomic E-state index is 13.8. The van der Waals surface area contributed by atoms with E-state index >= 15 is 0 Å². The standard InChI is InChI=1S/C44H34N4O4S2/c1-52-39-19-11-10-18-34(39)27-37(46-41(49)31-15-6-3-7-16-31)42(50)45-35-22-24-36(25-23-35)54-40(30-13-4-2-5-14-30)43(51)48-44-47-38(28-53-44)33-21-20-29-12-8-9-17-32(29)26-33/h2-28,40H,1H3,(H,45,50)(H,46,49)(H,47,48,51)/b37-27-. The van der Waals surface area contributed by atoms with E-state index in [1.54, 1.807) is 61.7 Å². The monoisotopic (exact) mass is 746 g/mol. The molecule has 8 nitrogen and oxygen atoms in total. The molecule has 0 bridgehead atoms. The lowest BCUT2D eigenvalue weighted by atomic mass is 10.1. The van der Waals surface area contributed by atoms with E-state index in [0.29, 0.717) is 27.7 Å². The van der Waals surface area contributed by atoms with Crippen molar-refractivity contribution in [3.05, 3.63) is 179 Å². The Morgan fingerprint density at radius 1 is 0.741 bits per heavy atom. The van der Waals surface area contributed by atoms with Gasteiger partial charge in [-0.05, 0) is 70.9 Å². The molecule has 0 aliphatic rings. The molecule has 0 saturated carbocycles. The lowest BCUT2D eigenvalue weighted by molar-refractivity contribution is -0.116.